The zero-order valence-electron chi connectivity index (χ0n) is 7.29. The Morgan fingerprint density at radius 1 is 1.33 bits per heavy atom. The number of thiol groups is 1. The van der Waals surface area contributed by atoms with E-state index in [1.807, 2.05) is 0 Å². The van der Waals surface area contributed by atoms with Gasteiger partial charge in [-0.15, -0.1) is 0 Å². The molecule has 0 bridgehead atoms. The van der Waals surface area contributed by atoms with E-state index in [0.29, 0.717) is 4.83 Å². The van der Waals surface area contributed by atoms with Crippen LogP contribution in [0.25, 0.3) is 0 Å². The number of alkyl halides is 1. The predicted octanol–water partition coefficient (Wildman–Crippen LogP) is 3.22. The van der Waals surface area contributed by atoms with Gasteiger partial charge < -0.3 is 0 Å². The van der Waals surface area contributed by atoms with Crippen molar-refractivity contribution < 1.29 is 0 Å². The first-order valence-corrected chi connectivity index (χ1v) is 6.61. The fraction of sp³-hybridized carbons (Fsp3) is 0.333. The van der Waals surface area contributed by atoms with E-state index in [2.05, 4.69) is 53.4 Å². The standard InChI is InChI=1S/C9H12BBrS/c1-7(11)8-3-5-9(6-4-8)12(2)10/h3-7,12H,1-2H3. The quantitative estimate of drug-likeness (QED) is 0.437. The van der Waals surface area contributed by atoms with Crippen LogP contribution in [0.1, 0.15) is 17.3 Å². The summed E-state index contributed by atoms with van der Waals surface area (Å²) in [5.74, 6) is 0. The van der Waals surface area contributed by atoms with E-state index in [1.54, 1.807) is 0 Å². The van der Waals surface area contributed by atoms with E-state index < -0.39 is 10.1 Å². The summed E-state index contributed by atoms with van der Waals surface area (Å²) in [6.45, 7) is 7.91. The number of halogens is 1. The maximum atomic E-state index is 5.79. The van der Waals surface area contributed by atoms with Crippen molar-refractivity contribution in [1.29, 1.82) is 0 Å². The van der Waals surface area contributed by atoms with Crippen LogP contribution in [0, 0.1) is 0 Å². The fourth-order valence-corrected chi connectivity index (χ4v) is 1.90. The van der Waals surface area contributed by atoms with Crippen LogP contribution in [-0.4, -0.2) is 12.8 Å². The molecule has 1 rings (SSSR count). The summed E-state index contributed by atoms with van der Waals surface area (Å²) < 4.78 is 0. The molecule has 12 heavy (non-hydrogen) atoms. The van der Waals surface area contributed by atoms with Gasteiger partial charge in [-0.1, -0.05) is 0 Å². The van der Waals surface area contributed by atoms with Crippen LogP contribution in [0.15, 0.2) is 29.2 Å². The zero-order chi connectivity index (χ0) is 9.14. The van der Waals surface area contributed by atoms with Crippen LogP contribution in [0.3, 0.4) is 0 Å². The second-order valence-corrected chi connectivity index (χ2v) is 5.93. The van der Waals surface area contributed by atoms with E-state index in [0.717, 1.165) is 0 Å². The average Bonchev–Trinajstić information content (AvgIpc) is 2.04. The molecule has 0 aliphatic carbocycles. The van der Waals surface area contributed by atoms with Crippen LogP contribution in [0.2, 0.25) is 0 Å². The van der Waals surface area contributed by atoms with Gasteiger partial charge in [0.15, 0.2) is 0 Å². The molecule has 64 valence electrons. The number of hydrogen-bond donors (Lipinski definition) is 1. The molecule has 2 atom stereocenters. The molecule has 0 aliphatic rings. The molecule has 1 aromatic carbocycles. The molecule has 0 fully saturated rings. The molecule has 0 radical (unpaired) electrons. The van der Waals surface area contributed by atoms with Crippen molar-refractivity contribution in [2.75, 3.05) is 6.26 Å². The van der Waals surface area contributed by atoms with Crippen molar-refractivity contribution >= 4 is 32.6 Å². The van der Waals surface area contributed by atoms with Gasteiger partial charge in [-0.2, -0.15) is 0 Å². The Kier molecular flexibility index (Phi) is 3.72. The van der Waals surface area contributed by atoms with Crippen LogP contribution < -0.4 is 0 Å². The normalized spacial score (nSPS) is 15.8. The molecule has 1 aromatic rings. The van der Waals surface area contributed by atoms with Gasteiger partial charge in [0.2, 0.25) is 0 Å². The van der Waals surface area contributed by atoms with Crippen LogP contribution in [0.5, 0.6) is 0 Å². The molecule has 0 nitrogen and oxygen atoms in total. The second-order valence-electron chi connectivity index (χ2n) is 2.82. The Bertz CT molecular complexity index is 321. The van der Waals surface area contributed by atoms with E-state index in [4.69, 9.17) is 6.53 Å². The van der Waals surface area contributed by atoms with E-state index in [9.17, 15) is 0 Å². The van der Waals surface area contributed by atoms with Crippen LogP contribution in [-0.2, 0) is 0 Å². The van der Waals surface area contributed by atoms with Gasteiger partial charge in [0.1, 0.15) is 0 Å². The van der Waals surface area contributed by atoms with Crippen molar-refractivity contribution in [1.82, 2.24) is 0 Å². The van der Waals surface area contributed by atoms with Crippen molar-refractivity contribution in [3.05, 3.63) is 29.8 Å². The SMILES string of the molecule is B#[SH](C)c1ccc(C(C)Br)cc1. The molecular formula is C9H12BBrS. The van der Waals surface area contributed by atoms with Gasteiger partial charge in [-0.05, 0) is 0 Å². The minimum absolute atomic E-state index is 0.424. The molecule has 0 aliphatic heterocycles. The Balaban J connectivity index is 2.96. The summed E-state index contributed by atoms with van der Waals surface area (Å²) in [5, 5.41) is 0. The van der Waals surface area contributed by atoms with Gasteiger partial charge in [0.25, 0.3) is 0 Å². The molecule has 2 unspecified atom stereocenters. The van der Waals surface area contributed by atoms with Crippen LogP contribution >= 0.6 is 26.1 Å². The van der Waals surface area contributed by atoms with E-state index in [-0.39, 0.29) is 0 Å². The molecule has 0 amide bonds. The van der Waals surface area contributed by atoms with Gasteiger partial charge >= 0.3 is 85.3 Å². The molecule has 0 heterocycles. The first-order valence-electron chi connectivity index (χ1n) is 3.83. The average molecular weight is 243 g/mol. The molecule has 0 aromatic heterocycles. The van der Waals surface area contributed by atoms with Gasteiger partial charge in [0, 0.05) is 0 Å². The summed E-state index contributed by atoms with van der Waals surface area (Å²) in [6, 6.07) is 8.47. The first kappa shape index (κ1) is 10.2. The molecule has 0 saturated heterocycles. The molecule has 3 heteroatoms. The third-order valence-electron chi connectivity index (χ3n) is 1.76. The Labute approximate surface area is 85.3 Å². The van der Waals surface area contributed by atoms with Crippen molar-refractivity contribution in [3.63, 3.8) is 0 Å². The van der Waals surface area contributed by atoms with Gasteiger partial charge in [-0.25, -0.2) is 0 Å². The third-order valence-corrected chi connectivity index (χ3v) is 3.40. The zero-order valence-corrected chi connectivity index (χ0v) is 9.77. The first-order chi connectivity index (χ1) is 5.61. The minimum atomic E-state index is -0.443. The number of hydrogen-bond acceptors (Lipinski definition) is 0. The molecular weight excluding hydrogens is 231 g/mol. The van der Waals surface area contributed by atoms with Crippen LogP contribution in [0.4, 0.5) is 0 Å². The summed E-state index contributed by atoms with van der Waals surface area (Å²) in [5.41, 5.74) is 1.30. The second kappa shape index (κ2) is 4.38. The van der Waals surface area contributed by atoms with Gasteiger partial charge in [-0.3, -0.25) is 0 Å². The number of benzene rings is 1. The Morgan fingerprint density at radius 2 is 1.83 bits per heavy atom. The molecule has 0 saturated carbocycles. The summed E-state index contributed by atoms with van der Waals surface area (Å²) >= 11 is 3.52. The molecule has 0 N–H and O–H groups in total. The third kappa shape index (κ3) is 2.56. The van der Waals surface area contributed by atoms with Crippen molar-refractivity contribution in [3.8, 4) is 0 Å². The Hall–Kier alpha value is 0.115. The van der Waals surface area contributed by atoms with E-state index >= 15 is 0 Å². The molecule has 0 spiro atoms. The Morgan fingerprint density at radius 3 is 2.17 bits per heavy atom. The van der Waals surface area contributed by atoms with Gasteiger partial charge in [0.05, 0.1) is 0 Å². The maximum absolute atomic E-state index is 5.79. The fourth-order valence-electron chi connectivity index (χ4n) is 0.975. The van der Waals surface area contributed by atoms with Crippen molar-refractivity contribution in [2.45, 2.75) is 16.6 Å². The topological polar surface area (TPSA) is 0 Å². The van der Waals surface area contributed by atoms with E-state index in [1.165, 1.54) is 10.5 Å². The summed E-state index contributed by atoms with van der Waals surface area (Å²) in [7, 11) is -0.443. The number of rotatable bonds is 1. The predicted molar refractivity (Wildman–Crippen MR) is 62.7 cm³/mol. The van der Waals surface area contributed by atoms with Crippen molar-refractivity contribution in [2.24, 2.45) is 0 Å². The monoisotopic (exact) mass is 242 g/mol. The summed E-state index contributed by atoms with van der Waals surface area (Å²) in [4.78, 5) is 1.68. The summed E-state index contributed by atoms with van der Waals surface area (Å²) in [6.07, 6.45) is 2.06.